The van der Waals surface area contributed by atoms with Gasteiger partial charge in [-0.3, -0.25) is 0 Å². The molecule has 6 heteroatoms. The van der Waals surface area contributed by atoms with Crippen LogP contribution < -0.4 is 0 Å². The second kappa shape index (κ2) is 8.79. The van der Waals surface area contributed by atoms with Gasteiger partial charge in [0.25, 0.3) is 0 Å². The van der Waals surface area contributed by atoms with Gasteiger partial charge in [0, 0.05) is 16.0 Å². The van der Waals surface area contributed by atoms with Gasteiger partial charge in [-0.1, -0.05) is 48.5 Å². The van der Waals surface area contributed by atoms with E-state index in [0.717, 1.165) is 37.7 Å². The van der Waals surface area contributed by atoms with Gasteiger partial charge in [-0.25, -0.2) is 4.79 Å². The molecule has 0 fully saturated rings. The normalized spacial score (nSPS) is 11.7. The Kier molecular flexibility index (Phi) is 6.07. The van der Waals surface area contributed by atoms with Crippen molar-refractivity contribution in [3.05, 3.63) is 93.9 Å². The van der Waals surface area contributed by atoms with Crippen LogP contribution in [-0.4, -0.2) is 12.6 Å². The highest BCUT2D eigenvalue weighted by molar-refractivity contribution is 7.19. The first-order valence-electron chi connectivity index (χ1n) is 10.2. The third kappa shape index (κ3) is 4.41. The van der Waals surface area contributed by atoms with E-state index < -0.39 is 11.7 Å². The molecule has 0 spiro atoms. The number of rotatable bonds is 5. The third-order valence-corrected chi connectivity index (χ3v) is 6.53. The second-order valence-electron chi connectivity index (χ2n) is 7.51. The minimum absolute atomic E-state index is 0.307. The Hall–Kier alpha value is -3.12. The van der Waals surface area contributed by atoms with Crippen molar-refractivity contribution in [2.45, 2.75) is 26.4 Å². The van der Waals surface area contributed by atoms with Crippen molar-refractivity contribution in [2.24, 2.45) is 0 Å². The molecule has 0 saturated heterocycles. The van der Waals surface area contributed by atoms with Crippen molar-refractivity contribution < 1.29 is 22.7 Å². The molecule has 0 unspecified atom stereocenters. The number of halogens is 3. The lowest BCUT2D eigenvalue weighted by atomic mass is 9.95. The molecule has 0 saturated carbocycles. The van der Waals surface area contributed by atoms with Crippen molar-refractivity contribution in [2.75, 3.05) is 6.61 Å². The van der Waals surface area contributed by atoms with Crippen molar-refractivity contribution in [1.82, 2.24) is 0 Å². The minimum atomic E-state index is -4.36. The maximum atomic E-state index is 13.1. The van der Waals surface area contributed by atoms with Crippen LogP contribution in [0.25, 0.3) is 21.2 Å². The van der Waals surface area contributed by atoms with Gasteiger partial charge >= 0.3 is 12.1 Å². The standard InChI is InChI=1S/C26H21F3O2S/c1-3-31-25(30)22-11-6-10-21(16(22)2)23-12-5-8-18-15-20(32-24(18)23)14-17-7-4-9-19(13-17)26(27,28)29/h4-13,15H,3,14H2,1-2H3. The Morgan fingerprint density at radius 3 is 2.44 bits per heavy atom. The fraction of sp³-hybridized carbons (Fsp3) is 0.192. The molecule has 0 aliphatic rings. The van der Waals surface area contributed by atoms with E-state index >= 15 is 0 Å². The van der Waals surface area contributed by atoms with Crippen LogP contribution in [0.3, 0.4) is 0 Å². The molecule has 4 aromatic rings. The Bertz CT molecular complexity index is 1290. The average molecular weight is 455 g/mol. The summed E-state index contributed by atoms with van der Waals surface area (Å²) in [5, 5.41) is 1.02. The first kappa shape index (κ1) is 22.1. The maximum absolute atomic E-state index is 13.1. The van der Waals surface area contributed by atoms with Crippen LogP contribution >= 0.6 is 11.3 Å². The molecule has 0 aliphatic carbocycles. The van der Waals surface area contributed by atoms with E-state index in [0.29, 0.717) is 24.2 Å². The number of benzene rings is 3. The highest BCUT2D eigenvalue weighted by Gasteiger charge is 2.30. The molecular weight excluding hydrogens is 433 g/mol. The number of esters is 1. The SMILES string of the molecule is CCOC(=O)c1cccc(-c2cccc3cc(Cc4cccc(C(F)(F)F)c4)sc23)c1C. The number of thiophene rings is 1. The molecule has 1 aromatic heterocycles. The van der Waals surface area contributed by atoms with Gasteiger partial charge in [0.05, 0.1) is 17.7 Å². The summed E-state index contributed by atoms with van der Waals surface area (Å²) in [5.41, 5.74) is 3.28. The number of carbonyl (C=O) groups excluding carboxylic acids is 1. The van der Waals surface area contributed by atoms with Crippen molar-refractivity contribution in [3.8, 4) is 11.1 Å². The average Bonchev–Trinajstić information content (AvgIpc) is 3.16. The Morgan fingerprint density at radius 1 is 0.969 bits per heavy atom. The molecule has 2 nitrogen and oxygen atoms in total. The minimum Gasteiger partial charge on any atom is -0.462 e. The van der Waals surface area contributed by atoms with Crippen LogP contribution in [0.1, 0.15) is 38.8 Å². The van der Waals surface area contributed by atoms with Crippen LogP contribution in [0.5, 0.6) is 0 Å². The summed E-state index contributed by atoms with van der Waals surface area (Å²) in [6.07, 6.45) is -3.94. The molecule has 0 radical (unpaired) electrons. The number of hydrogen-bond donors (Lipinski definition) is 0. The van der Waals surface area contributed by atoms with Crippen LogP contribution in [-0.2, 0) is 17.3 Å². The molecule has 0 aliphatic heterocycles. The van der Waals surface area contributed by atoms with Crippen molar-refractivity contribution in [3.63, 3.8) is 0 Å². The topological polar surface area (TPSA) is 26.3 Å². The summed E-state index contributed by atoms with van der Waals surface area (Å²) in [6, 6.07) is 19.0. The maximum Gasteiger partial charge on any atom is 0.416 e. The Balaban J connectivity index is 1.73. The molecule has 32 heavy (non-hydrogen) atoms. The predicted octanol–water partition coefficient (Wildman–Crippen LogP) is 7.66. The van der Waals surface area contributed by atoms with E-state index in [9.17, 15) is 18.0 Å². The molecule has 0 bridgehead atoms. The van der Waals surface area contributed by atoms with E-state index in [1.807, 2.05) is 43.3 Å². The summed E-state index contributed by atoms with van der Waals surface area (Å²) >= 11 is 1.56. The van der Waals surface area contributed by atoms with E-state index in [-0.39, 0.29) is 5.97 Å². The van der Waals surface area contributed by atoms with Gasteiger partial charge < -0.3 is 4.74 Å². The quantitative estimate of drug-likeness (QED) is 0.289. The lowest BCUT2D eigenvalue weighted by Crippen LogP contribution is -2.07. The number of fused-ring (bicyclic) bond motifs is 1. The van der Waals surface area contributed by atoms with Gasteiger partial charge in [0.1, 0.15) is 0 Å². The van der Waals surface area contributed by atoms with Crippen molar-refractivity contribution in [1.29, 1.82) is 0 Å². The highest BCUT2D eigenvalue weighted by Crippen LogP contribution is 2.38. The molecular formula is C26H21F3O2S. The van der Waals surface area contributed by atoms with Gasteiger partial charge in [-0.2, -0.15) is 13.2 Å². The van der Waals surface area contributed by atoms with Crippen molar-refractivity contribution >= 4 is 27.4 Å². The van der Waals surface area contributed by atoms with E-state index in [1.165, 1.54) is 12.1 Å². The highest BCUT2D eigenvalue weighted by atomic mass is 32.1. The fourth-order valence-electron chi connectivity index (χ4n) is 3.83. The second-order valence-corrected chi connectivity index (χ2v) is 8.65. The Labute approximate surface area is 188 Å². The predicted molar refractivity (Wildman–Crippen MR) is 122 cm³/mol. The summed E-state index contributed by atoms with van der Waals surface area (Å²) < 4.78 is 45.4. The van der Waals surface area contributed by atoms with Crippen LogP contribution in [0.2, 0.25) is 0 Å². The largest absolute Gasteiger partial charge is 0.462 e. The van der Waals surface area contributed by atoms with Crippen LogP contribution in [0, 0.1) is 6.92 Å². The first-order valence-corrected chi connectivity index (χ1v) is 11.0. The van der Waals surface area contributed by atoms with E-state index in [2.05, 4.69) is 0 Å². The van der Waals surface area contributed by atoms with Crippen LogP contribution in [0.15, 0.2) is 66.7 Å². The van der Waals surface area contributed by atoms with Gasteiger partial charge in [0.2, 0.25) is 0 Å². The lowest BCUT2D eigenvalue weighted by molar-refractivity contribution is -0.137. The van der Waals surface area contributed by atoms with E-state index in [4.69, 9.17) is 4.74 Å². The first-order chi connectivity index (χ1) is 15.3. The lowest BCUT2D eigenvalue weighted by Gasteiger charge is -2.11. The van der Waals surface area contributed by atoms with Gasteiger partial charge in [-0.05, 0) is 59.7 Å². The number of carbonyl (C=O) groups is 1. The molecule has 0 atom stereocenters. The zero-order valence-corrected chi connectivity index (χ0v) is 18.4. The molecule has 0 N–H and O–H groups in total. The van der Waals surface area contributed by atoms with Gasteiger partial charge in [0.15, 0.2) is 0 Å². The van der Waals surface area contributed by atoms with Crippen LogP contribution in [0.4, 0.5) is 13.2 Å². The molecule has 0 amide bonds. The molecule has 1 heterocycles. The fourth-order valence-corrected chi connectivity index (χ4v) is 5.05. The van der Waals surface area contributed by atoms with Gasteiger partial charge in [-0.15, -0.1) is 11.3 Å². The Morgan fingerprint density at radius 2 is 1.69 bits per heavy atom. The smallest absolute Gasteiger partial charge is 0.416 e. The monoisotopic (exact) mass is 454 g/mol. The summed E-state index contributed by atoms with van der Waals surface area (Å²) in [5.74, 6) is -0.351. The number of ether oxygens (including phenoxy) is 1. The number of hydrogen-bond acceptors (Lipinski definition) is 3. The third-order valence-electron chi connectivity index (χ3n) is 5.35. The molecule has 3 aromatic carbocycles. The summed E-state index contributed by atoms with van der Waals surface area (Å²) in [6.45, 7) is 3.98. The summed E-state index contributed by atoms with van der Waals surface area (Å²) in [7, 11) is 0. The van der Waals surface area contributed by atoms with E-state index in [1.54, 1.807) is 30.4 Å². The molecule has 4 rings (SSSR count). The summed E-state index contributed by atoms with van der Waals surface area (Å²) in [4.78, 5) is 13.3. The number of alkyl halides is 3. The zero-order chi connectivity index (χ0) is 22.9. The molecule has 164 valence electrons. The zero-order valence-electron chi connectivity index (χ0n) is 17.6.